The number of carbonyl (C=O) groups excluding carboxylic acids is 2. The van der Waals surface area contributed by atoms with Gasteiger partial charge in [-0.2, -0.15) is 0 Å². The summed E-state index contributed by atoms with van der Waals surface area (Å²) in [5, 5.41) is 4.17. The van der Waals surface area contributed by atoms with E-state index < -0.39 is 0 Å². The Balaban J connectivity index is 1.52. The molecule has 1 aliphatic rings. The summed E-state index contributed by atoms with van der Waals surface area (Å²) in [6.07, 6.45) is 0. The van der Waals surface area contributed by atoms with Crippen LogP contribution in [0.25, 0.3) is 0 Å². The van der Waals surface area contributed by atoms with Gasteiger partial charge in [-0.3, -0.25) is 14.5 Å². The number of carbonyl (C=O) groups is 2. The average molecular weight is 427 g/mol. The molecule has 0 aliphatic carbocycles. The summed E-state index contributed by atoms with van der Waals surface area (Å²) < 4.78 is 0. The molecule has 0 spiro atoms. The van der Waals surface area contributed by atoms with Gasteiger partial charge in [-0.05, 0) is 30.3 Å². The third-order valence-electron chi connectivity index (χ3n) is 4.28. The average Bonchev–Trinajstić information content (AvgIpc) is 2.63. The predicted molar refractivity (Wildman–Crippen MR) is 109 cm³/mol. The molecule has 0 aromatic heterocycles. The zero-order chi connectivity index (χ0) is 19.4. The number of para-hydroxylation sites is 1. The molecule has 0 radical (unpaired) electrons. The lowest BCUT2D eigenvalue weighted by atomic mass is 10.2. The second-order valence-electron chi connectivity index (χ2n) is 6.25. The molecule has 8 heteroatoms. The molecule has 0 saturated carbocycles. The third kappa shape index (κ3) is 5.36. The van der Waals surface area contributed by atoms with E-state index in [4.69, 9.17) is 34.8 Å². The molecule has 0 atom stereocenters. The van der Waals surface area contributed by atoms with Crippen LogP contribution in [0.4, 0.5) is 5.69 Å². The molecule has 142 valence electrons. The van der Waals surface area contributed by atoms with E-state index >= 15 is 0 Å². The van der Waals surface area contributed by atoms with Gasteiger partial charge in [0, 0.05) is 41.8 Å². The highest BCUT2D eigenvalue weighted by Gasteiger charge is 2.24. The monoisotopic (exact) mass is 425 g/mol. The Labute approximate surface area is 172 Å². The van der Waals surface area contributed by atoms with Crippen LogP contribution in [-0.4, -0.2) is 54.3 Å². The van der Waals surface area contributed by atoms with Gasteiger partial charge < -0.3 is 10.2 Å². The topological polar surface area (TPSA) is 52.7 Å². The van der Waals surface area contributed by atoms with Crippen molar-refractivity contribution in [3.63, 3.8) is 0 Å². The van der Waals surface area contributed by atoms with Gasteiger partial charge in [-0.1, -0.05) is 46.9 Å². The van der Waals surface area contributed by atoms with E-state index in [2.05, 4.69) is 5.32 Å². The fourth-order valence-corrected chi connectivity index (χ4v) is 3.63. The second-order valence-corrected chi connectivity index (χ2v) is 7.53. The summed E-state index contributed by atoms with van der Waals surface area (Å²) in [7, 11) is 0. The molecule has 1 saturated heterocycles. The molecule has 1 N–H and O–H groups in total. The minimum Gasteiger partial charge on any atom is -0.336 e. The molecule has 0 bridgehead atoms. The van der Waals surface area contributed by atoms with Crippen LogP contribution in [0.1, 0.15) is 10.4 Å². The fourth-order valence-electron chi connectivity index (χ4n) is 2.92. The second kappa shape index (κ2) is 8.93. The van der Waals surface area contributed by atoms with Crippen molar-refractivity contribution < 1.29 is 9.59 Å². The van der Waals surface area contributed by atoms with Crippen LogP contribution in [0.15, 0.2) is 42.5 Å². The van der Waals surface area contributed by atoms with E-state index in [0.717, 1.165) is 0 Å². The van der Waals surface area contributed by atoms with Crippen molar-refractivity contribution in [1.29, 1.82) is 0 Å². The van der Waals surface area contributed by atoms with Crippen LogP contribution < -0.4 is 5.32 Å². The van der Waals surface area contributed by atoms with Crippen molar-refractivity contribution in [3.05, 3.63) is 63.1 Å². The first-order valence-electron chi connectivity index (χ1n) is 8.44. The predicted octanol–water partition coefficient (Wildman–Crippen LogP) is 4.04. The normalized spacial score (nSPS) is 14.9. The lowest BCUT2D eigenvalue weighted by Gasteiger charge is -2.34. The first-order valence-corrected chi connectivity index (χ1v) is 9.58. The molecular formula is C19H18Cl3N3O2. The van der Waals surface area contributed by atoms with Gasteiger partial charge in [0.05, 0.1) is 17.3 Å². The van der Waals surface area contributed by atoms with E-state index in [0.29, 0.717) is 52.5 Å². The molecule has 2 amide bonds. The van der Waals surface area contributed by atoms with Gasteiger partial charge in [-0.25, -0.2) is 0 Å². The standard InChI is InChI=1S/C19H18Cl3N3O2/c20-14-9-13(10-15(21)11-14)19(27)25-7-5-24(6-8-25)12-18(26)23-17-4-2-1-3-16(17)22/h1-4,9-11H,5-8,12H2,(H,23,26). The summed E-state index contributed by atoms with van der Waals surface area (Å²) in [4.78, 5) is 28.6. The van der Waals surface area contributed by atoms with E-state index in [9.17, 15) is 9.59 Å². The minimum atomic E-state index is -0.135. The highest BCUT2D eigenvalue weighted by atomic mass is 35.5. The van der Waals surface area contributed by atoms with Crippen molar-refractivity contribution in [2.45, 2.75) is 0 Å². The molecule has 1 fully saturated rings. The number of amides is 2. The molecular weight excluding hydrogens is 409 g/mol. The first kappa shape index (κ1) is 20.0. The number of rotatable bonds is 4. The molecule has 5 nitrogen and oxygen atoms in total. The summed E-state index contributed by atoms with van der Waals surface area (Å²) in [6, 6.07) is 11.9. The lowest BCUT2D eigenvalue weighted by Crippen LogP contribution is -2.50. The number of benzene rings is 2. The van der Waals surface area contributed by atoms with Crippen molar-refractivity contribution in [2.75, 3.05) is 38.0 Å². The van der Waals surface area contributed by atoms with Crippen LogP contribution in [0.5, 0.6) is 0 Å². The van der Waals surface area contributed by atoms with Gasteiger partial charge in [0.15, 0.2) is 0 Å². The number of hydrogen-bond acceptors (Lipinski definition) is 3. The van der Waals surface area contributed by atoms with Crippen LogP contribution in [0, 0.1) is 0 Å². The van der Waals surface area contributed by atoms with Gasteiger partial charge >= 0.3 is 0 Å². The maximum absolute atomic E-state index is 12.6. The van der Waals surface area contributed by atoms with Gasteiger partial charge in [0.1, 0.15) is 0 Å². The van der Waals surface area contributed by atoms with E-state index in [1.165, 1.54) is 0 Å². The Morgan fingerprint density at radius 3 is 2.19 bits per heavy atom. The fraction of sp³-hybridized carbons (Fsp3) is 0.263. The van der Waals surface area contributed by atoms with Crippen LogP contribution in [0.2, 0.25) is 15.1 Å². The summed E-state index contributed by atoms with van der Waals surface area (Å²) in [6.45, 7) is 2.52. The van der Waals surface area contributed by atoms with Gasteiger partial charge in [0.25, 0.3) is 5.91 Å². The largest absolute Gasteiger partial charge is 0.336 e. The highest BCUT2D eigenvalue weighted by molar-refractivity contribution is 6.35. The van der Waals surface area contributed by atoms with E-state index in [1.54, 1.807) is 41.3 Å². The quantitative estimate of drug-likeness (QED) is 0.802. The Kier molecular flexibility index (Phi) is 6.60. The summed E-state index contributed by atoms with van der Waals surface area (Å²) in [5.74, 6) is -0.246. The molecule has 1 heterocycles. The minimum absolute atomic E-state index is 0.112. The summed E-state index contributed by atoms with van der Waals surface area (Å²) in [5.41, 5.74) is 1.06. The van der Waals surface area contributed by atoms with E-state index in [1.807, 2.05) is 11.0 Å². The Hall–Kier alpha value is -1.79. The first-order chi connectivity index (χ1) is 12.9. The van der Waals surface area contributed by atoms with Crippen molar-refractivity contribution in [3.8, 4) is 0 Å². The number of anilines is 1. The number of piperazine rings is 1. The zero-order valence-corrected chi connectivity index (χ0v) is 16.7. The Morgan fingerprint density at radius 2 is 1.56 bits per heavy atom. The van der Waals surface area contributed by atoms with Crippen LogP contribution in [0.3, 0.4) is 0 Å². The van der Waals surface area contributed by atoms with Crippen LogP contribution >= 0.6 is 34.8 Å². The molecule has 2 aromatic rings. The maximum Gasteiger partial charge on any atom is 0.254 e. The molecule has 0 unspecified atom stereocenters. The van der Waals surface area contributed by atoms with Gasteiger partial charge in [-0.15, -0.1) is 0 Å². The smallest absolute Gasteiger partial charge is 0.254 e. The van der Waals surface area contributed by atoms with Crippen molar-refractivity contribution in [1.82, 2.24) is 9.80 Å². The number of halogens is 3. The summed E-state index contributed by atoms with van der Waals surface area (Å²) >= 11 is 18.0. The Bertz CT molecular complexity index is 832. The molecule has 3 rings (SSSR count). The molecule has 1 aliphatic heterocycles. The van der Waals surface area contributed by atoms with E-state index in [-0.39, 0.29) is 18.4 Å². The number of nitrogens with zero attached hydrogens (tertiary/aromatic N) is 2. The SMILES string of the molecule is O=C(CN1CCN(C(=O)c2cc(Cl)cc(Cl)c2)CC1)Nc1ccccc1Cl. The van der Waals surface area contributed by atoms with Crippen molar-refractivity contribution >= 4 is 52.3 Å². The molecule has 2 aromatic carbocycles. The maximum atomic E-state index is 12.6. The van der Waals surface area contributed by atoms with Crippen molar-refractivity contribution in [2.24, 2.45) is 0 Å². The van der Waals surface area contributed by atoms with Gasteiger partial charge in [0.2, 0.25) is 5.91 Å². The Morgan fingerprint density at radius 1 is 0.926 bits per heavy atom. The lowest BCUT2D eigenvalue weighted by molar-refractivity contribution is -0.117. The van der Waals surface area contributed by atoms with Crippen LogP contribution in [-0.2, 0) is 4.79 Å². The molecule has 27 heavy (non-hydrogen) atoms. The number of hydrogen-bond donors (Lipinski definition) is 1. The zero-order valence-electron chi connectivity index (χ0n) is 14.4. The number of nitrogens with one attached hydrogen (secondary N) is 1. The highest BCUT2D eigenvalue weighted by Crippen LogP contribution is 2.21. The third-order valence-corrected chi connectivity index (χ3v) is 5.05.